The molecule has 10 amide bonds. The lowest BCUT2D eigenvalue weighted by molar-refractivity contribution is -0.154. The lowest BCUT2D eigenvalue weighted by atomic mass is 10.00. The maximum atomic E-state index is 11.4. The van der Waals surface area contributed by atoms with Crippen LogP contribution in [0.4, 0.5) is 0 Å². The molecule has 16 heteroatoms. The molecule has 0 radical (unpaired) electrons. The summed E-state index contributed by atoms with van der Waals surface area (Å²) in [5, 5.41) is 0. The number of hydrogen-bond acceptors (Lipinski definition) is 10. The smallest absolute Gasteiger partial charge is 0.254 e. The van der Waals surface area contributed by atoms with Gasteiger partial charge in [-0.1, -0.05) is 12.2 Å². The highest BCUT2D eigenvalue weighted by Gasteiger charge is 2.38. The molecule has 0 aliphatic carbocycles. The molecule has 6 aliphatic rings. The highest BCUT2D eigenvalue weighted by molar-refractivity contribution is 6.13. The van der Waals surface area contributed by atoms with Gasteiger partial charge in [-0.05, 0) is 150 Å². The largest absolute Gasteiger partial charge is 0.338 e. The molecule has 0 aromatic carbocycles. The monoisotopic (exact) mass is 939 g/mol. The van der Waals surface area contributed by atoms with Gasteiger partial charge in [0.15, 0.2) is 0 Å². The van der Waals surface area contributed by atoms with Crippen LogP contribution < -0.4 is 0 Å². The van der Waals surface area contributed by atoms with Crippen molar-refractivity contribution in [2.24, 2.45) is 0 Å². The fraction of sp³-hybridized carbons (Fsp3) is 0.686. The van der Waals surface area contributed by atoms with E-state index in [1.807, 2.05) is 99.0 Å². The summed E-state index contributed by atoms with van der Waals surface area (Å²) in [6, 6.07) is 0. The molecule has 0 N–H and O–H groups in total. The average Bonchev–Trinajstić information content (AvgIpc) is 3.84. The maximum absolute atomic E-state index is 11.4. The van der Waals surface area contributed by atoms with E-state index in [1.165, 1.54) is 37.8 Å². The fourth-order valence-electron chi connectivity index (χ4n) is 7.75. The number of hydrogen-bond donors (Lipinski definition) is 0. The molecule has 6 heterocycles. The standard InChI is InChI=1S/C9H15NO2.C9H13NO2.C9H15NO.C8H13NO2.C8H11NO2.C8H15NO/c2*1-9(2,3)10-7(11)5-4-6-8(10)12;1-9(2,3)10-7-5-4-6-8(10)11;2*1-8(2,3)9-6(10)4-5-7(9)11;1-8(2,3)9-6-4-5-7(9)10/h4-6H2,1-3H3;4-5H,6H2,1-3H3;4,6H,5,7H2,1-3H3;4-5H2,1-3H3;4-5H,1-3H3;4-6H2,1-3H3. The van der Waals surface area contributed by atoms with Crippen LogP contribution in [-0.4, -0.2) is 135 Å². The van der Waals surface area contributed by atoms with E-state index in [2.05, 4.69) is 41.5 Å². The van der Waals surface area contributed by atoms with Crippen molar-refractivity contribution in [1.82, 2.24) is 29.4 Å². The molecule has 16 nitrogen and oxygen atoms in total. The van der Waals surface area contributed by atoms with Crippen molar-refractivity contribution < 1.29 is 47.9 Å². The molecule has 376 valence electrons. The summed E-state index contributed by atoms with van der Waals surface area (Å²) < 4.78 is 0. The summed E-state index contributed by atoms with van der Waals surface area (Å²) in [4.78, 5) is 121. The van der Waals surface area contributed by atoms with E-state index in [0.29, 0.717) is 44.4 Å². The van der Waals surface area contributed by atoms with E-state index in [4.69, 9.17) is 0 Å². The van der Waals surface area contributed by atoms with Crippen LogP contribution in [0, 0.1) is 0 Å². The molecule has 0 saturated carbocycles. The van der Waals surface area contributed by atoms with Crippen molar-refractivity contribution in [1.29, 1.82) is 0 Å². The van der Waals surface area contributed by atoms with Gasteiger partial charge in [0.2, 0.25) is 41.4 Å². The molecular formula is C51H82N6O10. The van der Waals surface area contributed by atoms with Crippen LogP contribution in [0.3, 0.4) is 0 Å². The first-order chi connectivity index (χ1) is 30.2. The molecular weight excluding hydrogens is 857 g/mol. The number of likely N-dealkylation sites (tertiary alicyclic amines) is 3. The second kappa shape index (κ2) is 23.6. The third-order valence-electron chi connectivity index (χ3n) is 10.6. The van der Waals surface area contributed by atoms with E-state index in [0.717, 1.165) is 32.4 Å². The van der Waals surface area contributed by atoms with Gasteiger partial charge in [0.25, 0.3) is 17.7 Å². The molecule has 0 spiro atoms. The lowest BCUT2D eigenvalue weighted by Crippen LogP contribution is -2.51. The van der Waals surface area contributed by atoms with Crippen molar-refractivity contribution in [2.75, 3.05) is 13.1 Å². The van der Waals surface area contributed by atoms with Gasteiger partial charge >= 0.3 is 0 Å². The minimum Gasteiger partial charge on any atom is -0.338 e. The zero-order chi connectivity index (χ0) is 52.3. The number of amides is 10. The number of rotatable bonds is 0. The Hall–Kier alpha value is -5.28. The quantitative estimate of drug-likeness (QED) is 0.228. The molecule has 6 rings (SSSR count). The average molecular weight is 939 g/mol. The molecule has 6 aliphatic heterocycles. The van der Waals surface area contributed by atoms with Crippen molar-refractivity contribution in [3.05, 3.63) is 36.5 Å². The Bertz CT molecular complexity index is 1890. The fourth-order valence-corrected chi connectivity index (χ4v) is 7.75. The topological polar surface area (TPSA) is 190 Å². The van der Waals surface area contributed by atoms with Gasteiger partial charge in [-0.25, -0.2) is 0 Å². The maximum Gasteiger partial charge on any atom is 0.254 e. The van der Waals surface area contributed by atoms with Crippen LogP contribution in [0.5, 0.6) is 0 Å². The zero-order valence-electron chi connectivity index (χ0n) is 44.0. The predicted octanol–water partition coefficient (Wildman–Crippen LogP) is 7.05. The second-order valence-corrected chi connectivity index (χ2v) is 23.0. The van der Waals surface area contributed by atoms with Crippen LogP contribution >= 0.6 is 0 Å². The van der Waals surface area contributed by atoms with Gasteiger partial charge in [-0.15, -0.1) is 0 Å². The first-order valence-corrected chi connectivity index (χ1v) is 23.3. The molecule has 0 bridgehead atoms. The number of imide groups is 4. The minimum absolute atomic E-state index is 0.0259. The second-order valence-electron chi connectivity index (χ2n) is 23.0. The summed E-state index contributed by atoms with van der Waals surface area (Å²) in [7, 11) is 0. The third kappa shape index (κ3) is 18.7. The van der Waals surface area contributed by atoms with E-state index in [1.54, 1.807) is 12.2 Å². The Morgan fingerprint density at radius 2 is 0.672 bits per heavy atom. The van der Waals surface area contributed by atoms with Crippen LogP contribution in [0.1, 0.15) is 182 Å². The summed E-state index contributed by atoms with van der Waals surface area (Å²) in [5.41, 5.74) is -1.49. The molecule has 0 unspecified atom stereocenters. The molecule has 0 atom stereocenters. The molecule has 0 aromatic heterocycles. The van der Waals surface area contributed by atoms with Crippen molar-refractivity contribution in [2.45, 2.75) is 216 Å². The normalized spacial score (nSPS) is 19.4. The zero-order valence-corrected chi connectivity index (χ0v) is 44.0. The summed E-state index contributed by atoms with van der Waals surface area (Å²) >= 11 is 0. The molecule has 3 fully saturated rings. The van der Waals surface area contributed by atoms with Crippen molar-refractivity contribution >= 4 is 59.1 Å². The Kier molecular flexibility index (Phi) is 21.1. The predicted molar refractivity (Wildman–Crippen MR) is 258 cm³/mol. The van der Waals surface area contributed by atoms with E-state index < -0.39 is 11.1 Å². The first-order valence-electron chi connectivity index (χ1n) is 23.3. The number of carbonyl (C=O) groups excluding carboxylic acids is 10. The van der Waals surface area contributed by atoms with Gasteiger partial charge in [0.1, 0.15) is 0 Å². The van der Waals surface area contributed by atoms with Gasteiger partial charge in [0.05, 0.1) is 0 Å². The number of piperidine rings is 1. The molecule has 0 aromatic rings. The Morgan fingerprint density at radius 1 is 0.313 bits per heavy atom. The Morgan fingerprint density at radius 3 is 0.925 bits per heavy atom. The number of carbonyl (C=O) groups is 10. The lowest BCUT2D eigenvalue weighted by Gasteiger charge is -2.36. The summed E-state index contributed by atoms with van der Waals surface area (Å²) in [5.74, 6) is -0.447. The highest BCUT2D eigenvalue weighted by Crippen LogP contribution is 2.25. The van der Waals surface area contributed by atoms with Gasteiger partial charge in [0, 0.05) is 103 Å². The first kappa shape index (κ1) is 59.7. The van der Waals surface area contributed by atoms with Crippen molar-refractivity contribution in [3.63, 3.8) is 0 Å². The SMILES string of the molecule is CC(C)(C)N1C(=O)C=CC1=O.CC(C)(C)N1C(=O)C=CCC1=O.CC(C)(C)N1C(=O)CCC1=O.CC(C)(C)N1C(=O)CCCC1=O.CC(C)(C)N1CCC=CC1=O.CC(C)(C)N1CCCC1=O. The van der Waals surface area contributed by atoms with Crippen LogP contribution in [0.2, 0.25) is 0 Å². The molecule has 67 heavy (non-hydrogen) atoms. The van der Waals surface area contributed by atoms with Gasteiger partial charge < -0.3 is 9.80 Å². The number of nitrogens with zero attached hydrogens (tertiary/aromatic N) is 6. The molecule has 3 saturated heterocycles. The van der Waals surface area contributed by atoms with Crippen LogP contribution in [0.15, 0.2) is 36.5 Å². The Balaban J connectivity index is 0.000000402. The van der Waals surface area contributed by atoms with E-state index >= 15 is 0 Å². The van der Waals surface area contributed by atoms with Gasteiger partial charge in [-0.2, -0.15) is 0 Å². The minimum atomic E-state index is -0.405. The van der Waals surface area contributed by atoms with Crippen molar-refractivity contribution in [3.8, 4) is 0 Å². The third-order valence-corrected chi connectivity index (χ3v) is 10.6. The highest BCUT2D eigenvalue weighted by atomic mass is 16.2. The van der Waals surface area contributed by atoms with E-state index in [9.17, 15) is 47.9 Å². The van der Waals surface area contributed by atoms with Gasteiger partial charge in [-0.3, -0.25) is 67.5 Å². The van der Waals surface area contributed by atoms with E-state index in [-0.39, 0.29) is 75.3 Å². The van der Waals surface area contributed by atoms with Crippen LogP contribution in [-0.2, 0) is 47.9 Å². The Labute approximate surface area is 400 Å². The summed E-state index contributed by atoms with van der Waals surface area (Å²) in [6.45, 7) is 36.5. The summed E-state index contributed by atoms with van der Waals surface area (Å²) in [6.07, 6.45) is 14.9. The van der Waals surface area contributed by atoms with Crippen LogP contribution in [0.25, 0.3) is 0 Å².